The summed E-state index contributed by atoms with van der Waals surface area (Å²) in [6.45, 7) is 4.26. The summed E-state index contributed by atoms with van der Waals surface area (Å²) in [7, 11) is 0. The zero-order chi connectivity index (χ0) is 11.3. The van der Waals surface area contributed by atoms with Crippen LogP contribution in [-0.2, 0) is 11.2 Å². The Kier molecular flexibility index (Phi) is 4.75. The number of rotatable bonds is 6. The van der Waals surface area contributed by atoms with Crippen LogP contribution >= 0.6 is 11.3 Å². The number of thiazole rings is 1. The van der Waals surface area contributed by atoms with Gasteiger partial charge in [0.25, 0.3) is 0 Å². The van der Waals surface area contributed by atoms with E-state index in [1.807, 2.05) is 5.38 Å². The van der Waals surface area contributed by atoms with Crippen molar-refractivity contribution in [1.82, 2.24) is 4.98 Å². The minimum Gasteiger partial charge on any atom is -0.375 e. The maximum Gasteiger partial charge on any atom is 0.180 e. The Labute approximate surface area is 94.7 Å². The summed E-state index contributed by atoms with van der Waals surface area (Å²) in [5.41, 5.74) is 6.31. The second-order valence-electron chi connectivity index (χ2n) is 3.99. The summed E-state index contributed by atoms with van der Waals surface area (Å²) in [5.74, 6) is 0.750. The fourth-order valence-corrected chi connectivity index (χ4v) is 2.22. The van der Waals surface area contributed by atoms with Crippen LogP contribution in [0.3, 0.4) is 0 Å². The molecule has 1 rings (SSSR count). The number of nitrogens with zero attached hydrogens (tertiary/aromatic N) is 1. The molecule has 0 radical (unpaired) electrons. The van der Waals surface area contributed by atoms with Crippen molar-refractivity contribution in [3.63, 3.8) is 0 Å². The van der Waals surface area contributed by atoms with Gasteiger partial charge in [-0.1, -0.05) is 26.7 Å². The van der Waals surface area contributed by atoms with E-state index in [1.54, 1.807) is 0 Å². The molecule has 4 heteroatoms. The molecule has 0 bridgehead atoms. The molecule has 1 heterocycles. The van der Waals surface area contributed by atoms with Gasteiger partial charge < -0.3 is 5.73 Å². The Morgan fingerprint density at radius 1 is 1.67 bits per heavy atom. The van der Waals surface area contributed by atoms with Crippen LogP contribution in [0.2, 0.25) is 0 Å². The third-order valence-corrected chi connectivity index (χ3v) is 3.03. The lowest BCUT2D eigenvalue weighted by molar-refractivity contribution is -0.119. The first-order valence-corrected chi connectivity index (χ1v) is 6.21. The first-order chi connectivity index (χ1) is 7.11. The van der Waals surface area contributed by atoms with Gasteiger partial charge in [-0.3, -0.25) is 4.79 Å². The molecule has 0 aromatic carbocycles. The summed E-state index contributed by atoms with van der Waals surface area (Å²) in [5, 5.41) is 2.40. The first kappa shape index (κ1) is 12.2. The van der Waals surface area contributed by atoms with E-state index in [9.17, 15) is 4.79 Å². The van der Waals surface area contributed by atoms with Crippen LogP contribution in [0, 0.1) is 5.92 Å². The number of nitrogen functional groups attached to an aromatic ring is 1. The molecule has 1 aromatic heterocycles. The van der Waals surface area contributed by atoms with Crippen molar-refractivity contribution in [3.05, 3.63) is 11.1 Å². The van der Waals surface area contributed by atoms with Crippen molar-refractivity contribution in [2.75, 3.05) is 5.73 Å². The summed E-state index contributed by atoms with van der Waals surface area (Å²) in [6, 6.07) is 0. The molecule has 1 unspecified atom stereocenters. The van der Waals surface area contributed by atoms with Crippen molar-refractivity contribution >= 4 is 22.3 Å². The van der Waals surface area contributed by atoms with Crippen LogP contribution in [0.15, 0.2) is 5.38 Å². The number of ketones is 1. The lowest BCUT2D eigenvalue weighted by Gasteiger charge is -2.07. The molecule has 0 spiro atoms. The van der Waals surface area contributed by atoms with E-state index in [2.05, 4.69) is 18.8 Å². The highest BCUT2D eigenvalue weighted by atomic mass is 32.1. The van der Waals surface area contributed by atoms with Gasteiger partial charge in [0, 0.05) is 18.2 Å². The monoisotopic (exact) mass is 226 g/mol. The maximum atomic E-state index is 11.6. The number of Topliss-reactive ketones (excluding diaryl/α,β-unsaturated/α-hetero) is 1. The van der Waals surface area contributed by atoms with Crippen LogP contribution in [0.25, 0.3) is 0 Å². The zero-order valence-electron chi connectivity index (χ0n) is 9.32. The third kappa shape index (κ3) is 4.42. The largest absolute Gasteiger partial charge is 0.375 e. The molecule has 1 atom stereocenters. The van der Waals surface area contributed by atoms with Gasteiger partial charge in [-0.25, -0.2) is 4.98 Å². The molecule has 0 saturated heterocycles. The van der Waals surface area contributed by atoms with Gasteiger partial charge in [0.05, 0.1) is 5.69 Å². The van der Waals surface area contributed by atoms with Crippen LogP contribution < -0.4 is 5.73 Å². The van der Waals surface area contributed by atoms with E-state index < -0.39 is 0 Å². The summed E-state index contributed by atoms with van der Waals surface area (Å²) in [4.78, 5) is 15.7. The average molecular weight is 226 g/mol. The van der Waals surface area contributed by atoms with E-state index in [4.69, 9.17) is 5.73 Å². The van der Waals surface area contributed by atoms with Crippen molar-refractivity contribution in [3.8, 4) is 0 Å². The molecule has 1 aromatic rings. The number of hydrogen-bond acceptors (Lipinski definition) is 4. The topological polar surface area (TPSA) is 56.0 Å². The minimum absolute atomic E-state index is 0.265. The maximum absolute atomic E-state index is 11.6. The SMILES string of the molecule is CCCC(C)CC(=O)Cc1csc(N)n1. The Balaban J connectivity index is 2.36. The Morgan fingerprint density at radius 3 is 2.93 bits per heavy atom. The lowest BCUT2D eigenvalue weighted by atomic mass is 9.98. The molecule has 0 aliphatic carbocycles. The van der Waals surface area contributed by atoms with Gasteiger partial charge in [-0.15, -0.1) is 11.3 Å². The Bertz CT molecular complexity index is 322. The number of nitrogens with two attached hydrogens (primary N) is 1. The van der Waals surface area contributed by atoms with Crippen LogP contribution in [0.4, 0.5) is 5.13 Å². The Morgan fingerprint density at radius 2 is 2.40 bits per heavy atom. The number of aromatic nitrogens is 1. The van der Waals surface area contributed by atoms with Crippen molar-refractivity contribution in [2.24, 2.45) is 5.92 Å². The van der Waals surface area contributed by atoms with Crippen LogP contribution in [-0.4, -0.2) is 10.8 Å². The van der Waals surface area contributed by atoms with Gasteiger partial charge >= 0.3 is 0 Å². The van der Waals surface area contributed by atoms with Crippen molar-refractivity contribution in [1.29, 1.82) is 0 Å². The van der Waals surface area contributed by atoms with E-state index >= 15 is 0 Å². The predicted octanol–water partition coefficient (Wildman–Crippen LogP) is 2.66. The highest BCUT2D eigenvalue weighted by molar-refractivity contribution is 7.13. The molecule has 15 heavy (non-hydrogen) atoms. The highest BCUT2D eigenvalue weighted by Crippen LogP contribution is 2.15. The number of carbonyl (C=O) groups is 1. The lowest BCUT2D eigenvalue weighted by Crippen LogP contribution is -2.08. The summed E-state index contributed by atoms with van der Waals surface area (Å²) < 4.78 is 0. The predicted molar refractivity (Wildman–Crippen MR) is 63.9 cm³/mol. The molecule has 0 aliphatic rings. The third-order valence-electron chi connectivity index (χ3n) is 2.31. The summed E-state index contributed by atoms with van der Waals surface area (Å²) in [6.07, 6.45) is 3.34. The van der Waals surface area contributed by atoms with E-state index in [1.165, 1.54) is 11.3 Å². The molecule has 0 aliphatic heterocycles. The normalized spacial score (nSPS) is 12.7. The first-order valence-electron chi connectivity index (χ1n) is 5.33. The van der Waals surface area contributed by atoms with Gasteiger partial charge in [0.15, 0.2) is 5.13 Å². The quantitative estimate of drug-likeness (QED) is 0.811. The van der Waals surface area contributed by atoms with Crippen molar-refractivity contribution in [2.45, 2.75) is 39.5 Å². The average Bonchev–Trinajstić information content (AvgIpc) is 2.51. The molecule has 0 fully saturated rings. The molecule has 0 saturated carbocycles. The minimum atomic E-state index is 0.265. The second kappa shape index (κ2) is 5.85. The summed E-state index contributed by atoms with van der Waals surface area (Å²) >= 11 is 1.39. The van der Waals surface area contributed by atoms with E-state index in [0.29, 0.717) is 23.9 Å². The Hall–Kier alpha value is -0.900. The molecular formula is C11H18N2OS. The van der Waals surface area contributed by atoms with Crippen LogP contribution in [0.5, 0.6) is 0 Å². The van der Waals surface area contributed by atoms with Gasteiger partial charge in [-0.2, -0.15) is 0 Å². The molecule has 3 nitrogen and oxygen atoms in total. The smallest absolute Gasteiger partial charge is 0.180 e. The zero-order valence-corrected chi connectivity index (χ0v) is 10.1. The number of carbonyl (C=O) groups excluding carboxylic acids is 1. The standard InChI is InChI=1S/C11H18N2OS/c1-3-4-8(2)5-10(14)6-9-7-15-11(12)13-9/h7-8H,3-6H2,1-2H3,(H2,12,13). The molecular weight excluding hydrogens is 208 g/mol. The number of anilines is 1. The van der Waals surface area contributed by atoms with Gasteiger partial charge in [0.1, 0.15) is 5.78 Å². The highest BCUT2D eigenvalue weighted by Gasteiger charge is 2.10. The fourth-order valence-electron chi connectivity index (χ4n) is 1.66. The number of hydrogen-bond donors (Lipinski definition) is 1. The second-order valence-corrected chi connectivity index (χ2v) is 4.88. The fraction of sp³-hybridized carbons (Fsp3) is 0.636. The van der Waals surface area contributed by atoms with Gasteiger partial charge in [0.2, 0.25) is 0 Å². The molecule has 0 amide bonds. The van der Waals surface area contributed by atoms with Crippen molar-refractivity contribution < 1.29 is 4.79 Å². The van der Waals surface area contributed by atoms with Crippen LogP contribution in [0.1, 0.15) is 38.8 Å². The van der Waals surface area contributed by atoms with Gasteiger partial charge in [-0.05, 0) is 5.92 Å². The molecule has 2 N–H and O–H groups in total. The van der Waals surface area contributed by atoms with E-state index in [-0.39, 0.29) is 5.78 Å². The molecule has 84 valence electrons. The van der Waals surface area contributed by atoms with E-state index in [0.717, 1.165) is 18.5 Å².